The third-order valence-electron chi connectivity index (χ3n) is 10.4. The highest BCUT2D eigenvalue weighted by molar-refractivity contribution is 5.82. The number of hydrogen-bond acceptors (Lipinski definition) is 4. The number of nitrogens with one attached hydrogen (secondary N) is 1. The van der Waals surface area contributed by atoms with E-state index in [1.807, 2.05) is 38.7 Å². The van der Waals surface area contributed by atoms with Crippen LogP contribution in [0.25, 0.3) is 11.1 Å². The first-order valence-electron chi connectivity index (χ1n) is 17.4. The van der Waals surface area contributed by atoms with Crippen molar-refractivity contribution in [3.05, 3.63) is 91.6 Å². The minimum atomic E-state index is -4.77. The van der Waals surface area contributed by atoms with Gasteiger partial charge in [-0.2, -0.15) is 13.2 Å². The summed E-state index contributed by atoms with van der Waals surface area (Å²) in [6, 6.07) is 5.43. The normalized spacial score (nSPS) is 16.9. The van der Waals surface area contributed by atoms with Crippen molar-refractivity contribution in [1.29, 1.82) is 0 Å². The van der Waals surface area contributed by atoms with Gasteiger partial charge in [0.25, 0.3) is 5.56 Å². The van der Waals surface area contributed by atoms with Crippen molar-refractivity contribution < 1.29 is 32.3 Å². The maximum absolute atomic E-state index is 16.0. The zero-order valence-corrected chi connectivity index (χ0v) is 29.6. The van der Waals surface area contributed by atoms with Crippen LogP contribution >= 0.6 is 0 Å². The molecule has 2 N–H and O–H groups in total. The smallest absolute Gasteiger partial charge is 0.416 e. The topological polar surface area (TPSA) is 91.6 Å². The minimum Gasteiger partial charge on any atom is -0.481 e. The van der Waals surface area contributed by atoms with E-state index in [0.29, 0.717) is 24.1 Å². The van der Waals surface area contributed by atoms with Gasteiger partial charge in [-0.1, -0.05) is 38.5 Å². The molecule has 50 heavy (non-hydrogen) atoms. The highest BCUT2D eigenvalue weighted by Crippen LogP contribution is 2.46. The molecule has 7 nitrogen and oxygen atoms in total. The van der Waals surface area contributed by atoms with Gasteiger partial charge in [-0.15, -0.1) is 0 Å². The van der Waals surface area contributed by atoms with Gasteiger partial charge in [-0.3, -0.25) is 14.4 Å². The first-order chi connectivity index (χ1) is 23.5. The van der Waals surface area contributed by atoms with Crippen molar-refractivity contribution >= 4 is 11.9 Å². The van der Waals surface area contributed by atoms with Crippen LogP contribution in [-0.2, 0) is 22.2 Å². The Kier molecular flexibility index (Phi) is 11.0. The summed E-state index contributed by atoms with van der Waals surface area (Å²) in [5.41, 5.74) is 3.05. The van der Waals surface area contributed by atoms with Crippen LogP contribution < -0.4 is 10.9 Å². The van der Waals surface area contributed by atoms with Gasteiger partial charge in [0.05, 0.1) is 18.0 Å². The lowest BCUT2D eigenvalue weighted by molar-refractivity contribution is -0.139. The third kappa shape index (κ3) is 8.14. The number of carboxylic acids is 1. The number of aryl methyl sites for hydroxylation is 3. The predicted molar refractivity (Wildman–Crippen MR) is 185 cm³/mol. The molecule has 1 aliphatic carbocycles. The number of carbonyl (C=O) groups is 2. The van der Waals surface area contributed by atoms with E-state index in [0.717, 1.165) is 65.4 Å². The van der Waals surface area contributed by atoms with Gasteiger partial charge in [-0.25, -0.2) is 4.39 Å². The molecule has 2 fully saturated rings. The van der Waals surface area contributed by atoms with Crippen molar-refractivity contribution in [1.82, 2.24) is 14.8 Å². The largest absolute Gasteiger partial charge is 0.481 e. The van der Waals surface area contributed by atoms with Crippen LogP contribution in [0.3, 0.4) is 0 Å². The fourth-order valence-electron chi connectivity index (χ4n) is 7.12. The number of carboxylic acid groups (broad SMARTS) is 1. The maximum atomic E-state index is 16.0. The molecule has 2 aromatic carbocycles. The molecule has 270 valence electrons. The molecular formula is C39H47F4N3O4. The molecule has 3 atom stereocenters. The first-order valence-corrected chi connectivity index (χ1v) is 17.4. The first kappa shape index (κ1) is 37.3. The molecule has 11 heteroatoms. The van der Waals surface area contributed by atoms with Crippen molar-refractivity contribution in [2.24, 2.45) is 11.8 Å². The fourth-order valence-corrected chi connectivity index (χ4v) is 7.12. The number of nitrogens with zero attached hydrogens (tertiary/aromatic N) is 2. The van der Waals surface area contributed by atoms with Gasteiger partial charge in [0.15, 0.2) is 0 Å². The Bertz CT molecular complexity index is 1830. The van der Waals surface area contributed by atoms with E-state index in [1.165, 1.54) is 0 Å². The SMILES string of the molecule is Cc1cc(C)c(-c2cc(C)c(F)c([C@H](CC(=O)O)NC(=O)C(C(C)C(C)C)n3cc(CCN4CCC4)c(C(F)(F)F)cc3=O)c2)c(C2CC2)c1. The summed E-state index contributed by atoms with van der Waals surface area (Å²) in [6.07, 6.45) is -1.22. The Hall–Kier alpha value is -3.99. The molecule has 1 aromatic heterocycles. The van der Waals surface area contributed by atoms with Gasteiger partial charge >= 0.3 is 12.1 Å². The van der Waals surface area contributed by atoms with Crippen LogP contribution in [0.4, 0.5) is 17.6 Å². The zero-order chi connectivity index (χ0) is 36.7. The number of benzene rings is 2. The second-order valence-electron chi connectivity index (χ2n) is 14.6. The molecule has 0 spiro atoms. The molecule has 1 aliphatic heterocycles. The molecule has 3 aromatic rings. The molecule has 0 radical (unpaired) electrons. The van der Waals surface area contributed by atoms with Gasteiger partial charge < -0.3 is 19.9 Å². The van der Waals surface area contributed by atoms with Crippen molar-refractivity contribution in [3.8, 4) is 11.1 Å². The van der Waals surface area contributed by atoms with Gasteiger partial charge in [0, 0.05) is 24.4 Å². The van der Waals surface area contributed by atoms with Crippen LogP contribution in [0.1, 0.15) is 103 Å². The second kappa shape index (κ2) is 14.7. The molecule has 1 saturated heterocycles. The second-order valence-corrected chi connectivity index (χ2v) is 14.6. The van der Waals surface area contributed by atoms with Gasteiger partial charge in [0.1, 0.15) is 11.9 Å². The summed E-state index contributed by atoms with van der Waals surface area (Å²) < 4.78 is 59.4. The molecule has 2 heterocycles. The number of amides is 1. The summed E-state index contributed by atoms with van der Waals surface area (Å²) >= 11 is 0. The summed E-state index contributed by atoms with van der Waals surface area (Å²) in [5, 5.41) is 12.7. The van der Waals surface area contributed by atoms with Gasteiger partial charge in [-0.05, 0) is 123 Å². The number of pyridine rings is 1. The van der Waals surface area contributed by atoms with Crippen LogP contribution in [-0.4, -0.2) is 46.1 Å². The van der Waals surface area contributed by atoms with Crippen LogP contribution in [0.5, 0.6) is 0 Å². The Labute approximate surface area is 290 Å². The summed E-state index contributed by atoms with van der Waals surface area (Å²) in [6.45, 7) is 12.9. The van der Waals surface area contributed by atoms with E-state index in [2.05, 4.69) is 11.4 Å². The molecule has 0 bridgehead atoms. The van der Waals surface area contributed by atoms with Crippen LogP contribution in [0, 0.1) is 38.4 Å². The van der Waals surface area contributed by atoms with E-state index in [4.69, 9.17) is 0 Å². The lowest BCUT2D eigenvalue weighted by atomic mass is 9.87. The van der Waals surface area contributed by atoms with Crippen molar-refractivity contribution in [3.63, 3.8) is 0 Å². The molecule has 1 amide bonds. The van der Waals surface area contributed by atoms with E-state index >= 15 is 4.39 Å². The minimum absolute atomic E-state index is 0.0107. The highest BCUT2D eigenvalue weighted by atomic mass is 19.4. The zero-order valence-electron chi connectivity index (χ0n) is 29.6. The molecule has 2 unspecified atom stereocenters. The molecule has 1 saturated carbocycles. The Morgan fingerprint density at radius 3 is 2.24 bits per heavy atom. The quantitative estimate of drug-likeness (QED) is 0.177. The highest BCUT2D eigenvalue weighted by Gasteiger charge is 2.38. The van der Waals surface area contributed by atoms with E-state index in [-0.39, 0.29) is 29.0 Å². The Morgan fingerprint density at radius 2 is 1.68 bits per heavy atom. The Morgan fingerprint density at radius 1 is 1.00 bits per heavy atom. The standard InChI is InChI=1S/C39H47F4N3O4/c1-21(2)25(6)37(46-20-27(10-13-45-11-7-12-45)31(18-33(46)47)39(41,42)43)38(50)44-32(19-34(48)49)30-17-28(16-24(5)36(30)40)35-23(4)14-22(3)15-29(35)26-8-9-26/h14-18,20-21,25-26,32,37H,7-13,19H2,1-6H3,(H,44,50)(H,48,49)/t25?,32-,37?/m0/s1. The average Bonchev–Trinajstić information content (AvgIpc) is 3.83. The summed E-state index contributed by atoms with van der Waals surface area (Å²) in [4.78, 5) is 41.9. The monoisotopic (exact) mass is 697 g/mol. The van der Waals surface area contributed by atoms with Crippen LogP contribution in [0.2, 0.25) is 0 Å². The molecule has 2 aliphatic rings. The predicted octanol–water partition coefficient (Wildman–Crippen LogP) is 7.89. The van der Waals surface area contributed by atoms with E-state index < -0.39 is 59.4 Å². The fraction of sp³-hybridized carbons (Fsp3) is 0.513. The van der Waals surface area contributed by atoms with E-state index in [9.17, 15) is 32.7 Å². The molecule has 5 rings (SSSR count). The molecular weight excluding hydrogens is 650 g/mol. The van der Waals surface area contributed by atoms with Crippen molar-refractivity contribution in [2.45, 2.75) is 97.8 Å². The maximum Gasteiger partial charge on any atom is 0.416 e. The van der Waals surface area contributed by atoms with Crippen LogP contribution in [0.15, 0.2) is 41.3 Å². The lowest BCUT2D eigenvalue weighted by Crippen LogP contribution is -2.44. The summed E-state index contributed by atoms with van der Waals surface area (Å²) in [5.74, 6) is -3.10. The van der Waals surface area contributed by atoms with E-state index in [1.54, 1.807) is 26.0 Å². The number of aromatic nitrogens is 1. The number of aliphatic carboxylic acids is 1. The lowest BCUT2D eigenvalue weighted by Gasteiger charge is -2.32. The Balaban J connectivity index is 1.58. The number of rotatable bonds is 13. The number of alkyl halides is 3. The van der Waals surface area contributed by atoms with Gasteiger partial charge in [0.2, 0.25) is 5.91 Å². The number of halogens is 4. The number of likely N-dealkylation sites (tertiary alicyclic amines) is 1. The third-order valence-corrected chi connectivity index (χ3v) is 10.4. The number of hydrogen-bond donors (Lipinski definition) is 2. The van der Waals surface area contributed by atoms with Crippen molar-refractivity contribution in [2.75, 3.05) is 19.6 Å². The number of carbonyl (C=O) groups excluding carboxylic acids is 1. The summed E-state index contributed by atoms with van der Waals surface area (Å²) in [7, 11) is 0. The average molecular weight is 698 g/mol.